The molecule has 2 aromatic rings. The summed E-state index contributed by atoms with van der Waals surface area (Å²) in [6, 6.07) is 2.48. The Morgan fingerprint density at radius 1 is 1.33 bits per heavy atom. The zero-order chi connectivity index (χ0) is 13.1. The molecule has 0 atom stereocenters. The van der Waals surface area contributed by atoms with E-state index in [-0.39, 0.29) is 5.75 Å². The summed E-state index contributed by atoms with van der Waals surface area (Å²) in [6.07, 6.45) is 2.92. The molecule has 1 aromatic heterocycles. The summed E-state index contributed by atoms with van der Waals surface area (Å²) in [4.78, 5) is 0. The van der Waals surface area contributed by atoms with Crippen molar-refractivity contribution in [1.29, 1.82) is 0 Å². The van der Waals surface area contributed by atoms with Crippen LogP contribution in [0.1, 0.15) is 5.56 Å². The predicted molar refractivity (Wildman–Crippen MR) is 62.4 cm³/mol. The molecular formula is C12H13F2N3O. The Balaban J connectivity index is 2.28. The van der Waals surface area contributed by atoms with Gasteiger partial charge < -0.3 is 10.1 Å². The van der Waals surface area contributed by atoms with E-state index in [1.807, 2.05) is 0 Å². The van der Waals surface area contributed by atoms with Crippen molar-refractivity contribution in [2.24, 2.45) is 7.05 Å². The van der Waals surface area contributed by atoms with Gasteiger partial charge in [-0.25, -0.2) is 8.78 Å². The highest BCUT2D eigenvalue weighted by Gasteiger charge is 2.14. The van der Waals surface area contributed by atoms with E-state index in [0.717, 1.165) is 0 Å². The number of halogens is 2. The smallest absolute Gasteiger partial charge is 0.198 e. The Hall–Kier alpha value is -1.95. The van der Waals surface area contributed by atoms with Crippen LogP contribution in [0.3, 0.4) is 0 Å². The summed E-state index contributed by atoms with van der Waals surface area (Å²) in [5, 5.41) is 6.68. The number of aryl methyl sites for hydroxylation is 1. The van der Waals surface area contributed by atoms with Gasteiger partial charge in [-0.2, -0.15) is 5.10 Å². The number of hydrogen-bond donors (Lipinski definition) is 1. The maximum atomic E-state index is 13.7. The lowest BCUT2D eigenvalue weighted by atomic mass is 10.2. The molecule has 0 saturated heterocycles. The van der Waals surface area contributed by atoms with Gasteiger partial charge in [-0.05, 0) is 24.7 Å². The lowest BCUT2D eigenvalue weighted by Crippen LogP contribution is -2.06. The van der Waals surface area contributed by atoms with Crippen molar-refractivity contribution in [3.63, 3.8) is 0 Å². The van der Waals surface area contributed by atoms with Crippen LogP contribution in [0.2, 0.25) is 0 Å². The number of nitrogens with zero attached hydrogens (tertiary/aromatic N) is 2. The Labute approximate surface area is 103 Å². The molecule has 2 rings (SSSR count). The first-order valence-electron chi connectivity index (χ1n) is 5.39. The molecule has 1 heterocycles. The van der Waals surface area contributed by atoms with Gasteiger partial charge in [0.1, 0.15) is 0 Å². The van der Waals surface area contributed by atoms with Gasteiger partial charge >= 0.3 is 0 Å². The van der Waals surface area contributed by atoms with Crippen molar-refractivity contribution in [2.45, 2.75) is 6.54 Å². The standard InChI is InChI=1S/C12H13F2N3O/c1-15-5-8-3-10(13)12(11(14)4-8)18-9-6-16-17(2)7-9/h3-4,6-7,15H,5H2,1-2H3. The van der Waals surface area contributed by atoms with Crippen molar-refractivity contribution in [2.75, 3.05) is 7.05 Å². The summed E-state index contributed by atoms with van der Waals surface area (Å²) in [5.41, 5.74) is 0.519. The maximum absolute atomic E-state index is 13.7. The Kier molecular flexibility index (Phi) is 3.57. The zero-order valence-corrected chi connectivity index (χ0v) is 10.1. The van der Waals surface area contributed by atoms with E-state index in [1.54, 1.807) is 14.1 Å². The van der Waals surface area contributed by atoms with Gasteiger partial charge in [0.15, 0.2) is 23.1 Å². The van der Waals surface area contributed by atoms with Crippen molar-refractivity contribution >= 4 is 0 Å². The molecule has 6 heteroatoms. The van der Waals surface area contributed by atoms with E-state index in [4.69, 9.17) is 4.74 Å². The number of nitrogens with one attached hydrogen (secondary N) is 1. The van der Waals surface area contributed by atoms with Gasteiger partial charge in [-0.1, -0.05) is 0 Å². The molecule has 0 saturated carbocycles. The molecule has 0 unspecified atom stereocenters. The molecule has 0 aliphatic heterocycles. The van der Waals surface area contributed by atoms with Crippen molar-refractivity contribution in [3.05, 3.63) is 41.7 Å². The van der Waals surface area contributed by atoms with E-state index in [9.17, 15) is 8.78 Å². The van der Waals surface area contributed by atoms with Crippen molar-refractivity contribution in [3.8, 4) is 11.5 Å². The normalized spacial score (nSPS) is 10.7. The number of hydrogen-bond acceptors (Lipinski definition) is 3. The molecular weight excluding hydrogens is 240 g/mol. The van der Waals surface area contributed by atoms with E-state index >= 15 is 0 Å². The minimum Gasteiger partial charge on any atom is -0.448 e. The van der Waals surface area contributed by atoms with Gasteiger partial charge in [0.05, 0.1) is 12.4 Å². The van der Waals surface area contributed by atoms with E-state index in [0.29, 0.717) is 12.1 Å². The Bertz CT molecular complexity index is 531. The van der Waals surface area contributed by atoms with Crippen LogP contribution in [0, 0.1) is 11.6 Å². The quantitative estimate of drug-likeness (QED) is 0.908. The second-order valence-electron chi connectivity index (χ2n) is 3.87. The average molecular weight is 253 g/mol. The molecule has 0 amide bonds. The van der Waals surface area contributed by atoms with Crippen LogP contribution < -0.4 is 10.1 Å². The van der Waals surface area contributed by atoms with Crippen LogP contribution in [0.25, 0.3) is 0 Å². The molecule has 0 bridgehead atoms. The van der Waals surface area contributed by atoms with Gasteiger partial charge in [0, 0.05) is 13.6 Å². The molecule has 1 N–H and O–H groups in total. The monoisotopic (exact) mass is 253 g/mol. The van der Waals surface area contributed by atoms with E-state index in [2.05, 4.69) is 10.4 Å². The summed E-state index contributed by atoms with van der Waals surface area (Å²) >= 11 is 0. The molecule has 0 spiro atoms. The summed E-state index contributed by atoms with van der Waals surface area (Å²) < 4.78 is 34.0. The number of benzene rings is 1. The fourth-order valence-corrected chi connectivity index (χ4v) is 1.59. The lowest BCUT2D eigenvalue weighted by Gasteiger charge is -2.08. The van der Waals surface area contributed by atoms with Crippen LogP contribution >= 0.6 is 0 Å². The van der Waals surface area contributed by atoms with Crippen molar-refractivity contribution < 1.29 is 13.5 Å². The predicted octanol–water partition coefficient (Wildman–Crippen LogP) is 2.21. The molecule has 96 valence electrons. The Morgan fingerprint density at radius 2 is 2.00 bits per heavy atom. The van der Waals surface area contributed by atoms with Gasteiger partial charge in [0.25, 0.3) is 0 Å². The van der Waals surface area contributed by atoms with Crippen molar-refractivity contribution in [1.82, 2.24) is 15.1 Å². The molecule has 1 aromatic carbocycles. The molecule has 0 fully saturated rings. The second-order valence-corrected chi connectivity index (χ2v) is 3.87. The molecule has 0 radical (unpaired) electrons. The average Bonchev–Trinajstić information content (AvgIpc) is 2.70. The second kappa shape index (κ2) is 5.14. The van der Waals surface area contributed by atoms with Crippen LogP contribution in [0.15, 0.2) is 24.5 Å². The summed E-state index contributed by atoms with van der Waals surface area (Å²) in [5.74, 6) is -1.59. The third-order valence-electron chi connectivity index (χ3n) is 2.34. The van der Waals surface area contributed by atoms with Gasteiger partial charge in [0.2, 0.25) is 0 Å². The highest BCUT2D eigenvalue weighted by Crippen LogP contribution is 2.28. The number of ether oxygens (including phenoxy) is 1. The highest BCUT2D eigenvalue weighted by atomic mass is 19.1. The first-order chi connectivity index (χ1) is 8.60. The fourth-order valence-electron chi connectivity index (χ4n) is 1.59. The Morgan fingerprint density at radius 3 is 2.50 bits per heavy atom. The topological polar surface area (TPSA) is 39.1 Å². The third kappa shape index (κ3) is 2.65. The summed E-state index contributed by atoms with van der Waals surface area (Å²) in [6.45, 7) is 0.390. The van der Waals surface area contributed by atoms with Crippen LogP contribution in [0.5, 0.6) is 11.5 Å². The largest absolute Gasteiger partial charge is 0.448 e. The maximum Gasteiger partial charge on any atom is 0.198 e. The first-order valence-corrected chi connectivity index (χ1v) is 5.39. The number of aromatic nitrogens is 2. The molecule has 4 nitrogen and oxygen atoms in total. The summed E-state index contributed by atoms with van der Waals surface area (Å²) in [7, 11) is 3.39. The highest BCUT2D eigenvalue weighted by molar-refractivity contribution is 5.34. The molecule has 18 heavy (non-hydrogen) atoms. The lowest BCUT2D eigenvalue weighted by molar-refractivity contribution is 0.406. The van der Waals surface area contributed by atoms with Crippen LogP contribution in [0.4, 0.5) is 8.78 Å². The minimum absolute atomic E-state index is 0.289. The van der Waals surface area contributed by atoms with Gasteiger partial charge in [-0.3, -0.25) is 4.68 Å². The molecule has 0 aliphatic carbocycles. The molecule has 0 aliphatic rings. The van der Waals surface area contributed by atoms with Gasteiger partial charge in [-0.15, -0.1) is 0 Å². The SMILES string of the molecule is CNCc1cc(F)c(Oc2cnn(C)c2)c(F)c1. The van der Waals surface area contributed by atoms with E-state index in [1.165, 1.54) is 29.2 Å². The number of rotatable bonds is 4. The van der Waals surface area contributed by atoms with Crippen LogP contribution in [-0.2, 0) is 13.6 Å². The fraction of sp³-hybridized carbons (Fsp3) is 0.250. The van der Waals surface area contributed by atoms with E-state index < -0.39 is 17.4 Å². The third-order valence-corrected chi connectivity index (χ3v) is 2.34. The minimum atomic E-state index is -0.732. The first kappa shape index (κ1) is 12.5. The van der Waals surface area contributed by atoms with Crippen LogP contribution in [-0.4, -0.2) is 16.8 Å². The zero-order valence-electron chi connectivity index (χ0n) is 10.1.